The highest BCUT2D eigenvalue weighted by atomic mass is 19.1. The summed E-state index contributed by atoms with van der Waals surface area (Å²) in [6, 6.07) is 16.7. The Balaban J connectivity index is 1.54. The molecule has 1 aliphatic heterocycles. The van der Waals surface area contributed by atoms with Crippen molar-refractivity contribution in [3.63, 3.8) is 0 Å². The van der Waals surface area contributed by atoms with E-state index < -0.39 is 11.9 Å². The summed E-state index contributed by atoms with van der Waals surface area (Å²) >= 11 is 0. The molecule has 0 saturated carbocycles. The Morgan fingerprint density at radius 3 is 2.42 bits per heavy atom. The molecule has 0 unspecified atom stereocenters. The molecule has 1 saturated heterocycles. The SMILES string of the molecule is CC[C@H](Oc1ccccc1F)C(=O)N1CCC(Cc2ccccc2)CC1. The van der Waals surface area contributed by atoms with Gasteiger partial charge in [-0.3, -0.25) is 4.79 Å². The number of carbonyl (C=O) groups is 1. The van der Waals surface area contributed by atoms with Gasteiger partial charge in [-0.1, -0.05) is 49.4 Å². The third kappa shape index (κ3) is 4.63. The number of likely N-dealkylation sites (tertiary alicyclic amines) is 1. The summed E-state index contributed by atoms with van der Waals surface area (Å²) in [5.74, 6) is 0.287. The maximum Gasteiger partial charge on any atom is 0.263 e. The molecule has 0 bridgehead atoms. The number of piperidine rings is 1. The van der Waals surface area contributed by atoms with Gasteiger partial charge in [0.25, 0.3) is 5.91 Å². The normalized spacial score (nSPS) is 16.3. The monoisotopic (exact) mass is 355 g/mol. The number of nitrogens with zero attached hydrogens (tertiary/aromatic N) is 1. The van der Waals surface area contributed by atoms with Crippen molar-refractivity contribution in [3.05, 3.63) is 66.0 Å². The zero-order chi connectivity index (χ0) is 18.4. The smallest absolute Gasteiger partial charge is 0.263 e. The molecule has 3 nitrogen and oxygen atoms in total. The minimum atomic E-state index is -0.627. The lowest BCUT2D eigenvalue weighted by Gasteiger charge is -2.34. The van der Waals surface area contributed by atoms with E-state index in [1.54, 1.807) is 18.2 Å². The second kappa shape index (κ2) is 8.84. The predicted octanol–water partition coefficient (Wildman–Crippen LogP) is 4.46. The fourth-order valence-corrected chi connectivity index (χ4v) is 3.51. The van der Waals surface area contributed by atoms with Gasteiger partial charge in [-0.15, -0.1) is 0 Å². The summed E-state index contributed by atoms with van der Waals surface area (Å²) in [4.78, 5) is 14.7. The molecular formula is C22H26FNO2. The van der Waals surface area contributed by atoms with Gasteiger partial charge in [-0.2, -0.15) is 0 Å². The van der Waals surface area contributed by atoms with Crippen LogP contribution in [0.15, 0.2) is 54.6 Å². The van der Waals surface area contributed by atoms with E-state index in [1.165, 1.54) is 11.6 Å². The molecule has 1 amide bonds. The maximum absolute atomic E-state index is 13.8. The van der Waals surface area contributed by atoms with Crippen molar-refractivity contribution < 1.29 is 13.9 Å². The van der Waals surface area contributed by atoms with Crippen LogP contribution in [0.2, 0.25) is 0 Å². The number of rotatable bonds is 6. The van der Waals surface area contributed by atoms with E-state index in [0.29, 0.717) is 12.3 Å². The molecule has 1 atom stereocenters. The minimum absolute atomic E-state index is 0.0334. The molecule has 2 aromatic carbocycles. The van der Waals surface area contributed by atoms with E-state index >= 15 is 0 Å². The number of amides is 1. The van der Waals surface area contributed by atoms with Gasteiger partial charge >= 0.3 is 0 Å². The summed E-state index contributed by atoms with van der Waals surface area (Å²) in [6.45, 7) is 3.38. The average Bonchev–Trinajstić information content (AvgIpc) is 2.68. The lowest BCUT2D eigenvalue weighted by Crippen LogP contribution is -2.46. The summed E-state index contributed by atoms with van der Waals surface area (Å²) < 4.78 is 19.5. The van der Waals surface area contributed by atoms with Crippen LogP contribution in [-0.4, -0.2) is 30.0 Å². The highest BCUT2D eigenvalue weighted by molar-refractivity contribution is 5.81. The third-order valence-corrected chi connectivity index (χ3v) is 5.05. The van der Waals surface area contributed by atoms with Crippen LogP contribution < -0.4 is 4.74 Å². The molecule has 1 fully saturated rings. The number of hydrogen-bond donors (Lipinski definition) is 0. The minimum Gasteiger partial charge on any atom is -0.478 e. The molecule has 1 heterocycles. The van der Waals surface area contributed by atoms with Crippen molar-refractivity contribution >= 4 is 5.91 Å². The Kier molecular flexibility index (Phi) is 6.26. The summed E-state index contributed by atoms with van der Waals surface area (Å²) in [7, 11) is 0. The molecule has 138 valence electrons. The molecule has 4 heteroatoms. The number of carbonyl (C=O) groups excluding carboxylic acids is 1. The molecular weight excluding hydrogens is 329 g/mol. The van der Waals surface area contributed by atoms with Crippen LogP contribution in [-0.2, 0) is 11.2 Å². The van der Waals surface area contributed by atoms with Crippen LogP contribution in [0.5, 0.6) is 5.75 Å². The quantitative estimate of drug-likeness (QED) is 0.765. The van der Waals surface area contributed by atoms with Crippen molar-refractivity contribution in [2.75, 3.05) is 13.1 Å². The molecule has 0 aromatic heterocycles. The van der Waals surface area contributed by atoms with Gasteiger partial charge < -0.3 is 9.64 Å². The Morgan fingerprint density at radius 1 is 1.12 bits per heavy atom. The summed E-state index contributed by atoms with van der Waals surface area (Å²) in [6.07, 6.45) is 2.95. The van der Waals surface area contributed by atoms with Crippen molar-refractivity contribution in [3.8, 4) is 5.75 Å². The van der Waals surface area contributed by atoms with Crippen LogP contribution in [0.25, 0.3) is 0 Å². The lowest BCUT2D eigenvalue weighted by atomic mass is 9.90. The molecule has 2 aromatic rings. The molecule has 26 heavy (non-hydrogen) atoms. The Bertz CT molecular complexity index is 711. The van der Waals surface area contributed by atoms with E-state index in [-0.39, 0.29) is 11.7 Å². The average molecular weight is 355 g/mol. The number of para-hydroxylation sites is 1. The van der Waals surface area contributed by atoms with Gasteiger partial charge in [0.1, 0.15) is 0 Å². The van der Waals surface area contributed by atoms with Gasteiger partial charge in [-0.25, -0.2) is 4.39 Å². The number of hydrogen-bond acceptors (Lipinski definition) is 2. The van der Waals surface area contributed by atoms with Gasteiger partial charge in [0.2, 0.25) is 0 Å². The third-order valence-electron chi connectivity index (χ3n) is 5.05. The topological polar surface area (TPSA) is 29.5 Å². The molecule has 0 radical (unpaired) electrons. The number of ether oxygens (including phenoxy) is 1. The van der Waals surface area contributed by atoms with E-state index in [2.05, 4.69) is 24.3 Å². The largest absolute Gasteiger partial charge is 0.478 e. The predicted molar refractivity (Wildman–Crippen MR) is 101 cm³/mol. The van der Waals surface area contributed by atoms with Gasteiger partial charge in [0.15, 0.2) is 17.7 Å². The second-order valence-corrected chi connectivity index (χ2v) is 6.90. The molecule has 0 aliphatic carbocycles. The fraction of sp³-hybridized carbons (Fsp3) is 0.409. The van der Waals surface area contributed by atoms with E-state index in [1.807, 2.05) is 17.9 Å². The second-order valence-electron chi connectivity index (χ2n) is 6.90. The van der Waals surface area contributed by atoms with Crippen LogP contribution in [0.4, 0.5) is 4.39 Å². The molecule has 3 rings (SSSR count). The molecule has 0 spiro atoms. The first-order chi connectivity index (χ1) is 12.7. The van der Waals surface area contributed by atoms with Crippen molar-refractivity contribution in [1.29, 1.82) is 0 Å². The maximum atomic E-state index is 13.8. The summed E-state index contributed by atoms with van der Waals surface area (Å²) in [5, 5.41) is 0. The first-order valence-electron chi connectivity index (χ1n) is 9.41. The zero-order valence-corrected chi connectivity index (χ0v) is 15.2. The molecule has 1 aliphatic rings. The van der Waals surface area contributed by atoms with Crippen LogP contribution in [0.1, 0.15) is 31.7 Å². The highest BCUT2D eigenvalue weighted by Gasteiger charge is 2.29. The molecule has 0 N–H and O–H groups in total. The first kappa shape index (κ1) is 18.4. The Hall–Kier alpha value is -2.36. The number of halogens is 1. The van der Waals surface area contributed by atoms with Gasteiger partial charge in [0.05, 0.1) is 0 Å². The summed E-state index contributed by atoms with van der Waals surface area (Å²) in [5.41, 5.74) is 1.35. The standard InChI is InChI=1S/C22H26FNO2/c1-2-20(26-21-11-7-6-10-19(21)23)22(25)24-14-12-18(13-15-24)16-17-8-4-3-5-9-17/h3-11,18,20H,2,12-16H2,1H3/t20-/m0/s1. The van der Waals surface area contributed by atoms with Crippen molar-refractivity contribution in [1.82, 2.24) is 4.90 Å². The van der Waals surface area contributed by atoms with Crippen LogP contribution in [0.3, 0.4) is 0 Å². The number of benzene rings is 2. The van der Waals surface area contributed by atoms with Crippen LogP contribution >= 0.6 is 0 Å². The van der Waals surface area contributed by atoms with E-state index in [4.69, 9.17) is 4.74 Å². The Labute approximate surface area is 154 Å². The highest BCUT2D eigenvalue weighted by Crippen LogP contribution is 2.24. The fourth-order valence-electron chi connectivity index (χ4n) is 3.51. The van der Waals surface area contributed by atoms with Crippen molar-refractivity contribution in [2.45, 2.75) is 38.7 Å². The van der Waals surface area contributed by atoms with Crippen molar-refractivity contribution in [2.24, 2.45) is 5.92 Å². The first-order valence-corrected chi connectivity index (χ1v) is 9.41. The van der Waals surface area contributed by atoms with E-state index in [0.717, 1.165) is 32.4 Å². The van der Waals surface area contributed by atoms with Gasteiger partial charge in [-0.05, 0) is 49.3 Å². The van der Waals surface area contributed by atoms with E-state index in [9.17, 15) is 9.18 Å². The lowest BCUT2D eigenvalue weighted by molar-refractivity contribution is -0.140. The zero-order valence-electron chi connectivity index (χ0n) is 15.2. The Morgan fingerprint density at radius 2 is 1.77 bits per heavy atom. The van der Waals surface area contributed by atoms with Gasteiger partial charge in [0, 0.05) is 13.1 Å². The van der Waals surface area contributed by atoms with Crippen LogP contribution in [0, 0.1) is 11.7 Å².